The molecule has 0 saturated carbocycles. The SMILES string of the molecule is COc1ccc2ncc(F)c(CCCC3CCN(CC#Cc4cc(F)ccc4F)CC3CC(=O)O)c2c1. The number of hydrogen-bond acceptors (Lipinski definition) is 4. The maximum atomic E-state index is 14.7. The van der Waals surface area contributed by atoms with E-state index in [0.717, 1.165) is 43.0 Å². The minimum Gasteiger partial charge on any atom is -0.497 e. The Morgan fingerprint density at radius 1 is 1.16 bits per heavy atom. The van der Waals surface area contributed by atoms with Gasteiger partial charge in [-0.2, -0.15) is 0 Å². The number of rotatable bonds is 8. The van der Waals surface area contributed by atoms with E-state index < -0.39 is 17.6 Å². The largest absolute Gasteiger partial charge is 0.497 e. The van der Waals surface area contributed by atoms with Crippen molar-refractivity contribution < 1.29 is 27.8 Å². The number of aromatic nitrogens is 1. The summed E-state index contributed by atoms with van der Waals surface area (Å²) in [6.07, 6.45) is 4.08. The van der Waals surface area contributed by atoms with Crippen molar-refractivity contribution in [2.24, 2.45) is 11.8 Å². The van der Waals surface area contributed by atoms with Crippen LogP contribution in [0.4, 0.5) is 13.2 Å². The van der Waals surface area contributed by atoms with Gasteiger partial charge in [-0.1, -0.05) is 11.8 Å². The fourth-order valence-electron chi connectivity index (χ4n) is 5.10. The highest BCUT2D eigenvalue weighted by Crippen LogP contribution is 2.32. The summed E-state index contributed by atoms with van der Waals surface area (Å²) in [5, 5.41) is 10.2. The molecule has 2 aromatic carbocycles. The highest BCUT2D eigenvalue weighted by Gasteiger charge is 2.30. The van der Waals surface area contributed by atoms with Crippen molar-refractivity contribution in [2.45, 2.75) is 32.1 Å². The molecule has 2 heterocycles. The lowest BCUT2D eigenvalue weighted by molar-refractivity contribution is -0.139. The van der Waals surface area contributed by atoms with E-state index in [9.17, 15) is 23.1 Å². The predicted octanol–water partition coefficient (Wildman–Crippen LogP) is 5.45. The van der Waals surface area contributed by atoms with Gasteiger partial charge < -0.3 is 9.84 Å². The number of piperidine rings is 1. The van der Waals surface area contributed by atoms with E-state index in [0.29, 0.717) is 42.8 Å². The van der Waals surface area contributed by atoms with Gasteiger partial charge in [0.2, 0.25) is 0 Å². The Bertz CT molecular complexity index is 1340. The van der Waals surface area contributed by atoms with Gasteiger partial charge in [-0.15, -0.1) is 0 Å². The third-order valence-electron chi connectivity index (χ3n) is 7.00. The minimum atomic E-state index is -0.858. The molecule has 37 heavy (non-hydrogen) atoms. The van der Waals surface area contributed by atoms with E-state index >= 15 is 0 Å². The number of fused-ring (bicyclic) bond motifs is 1. The highest BCUT2D eigenvalue weighted by atomic mass is 19.1. The average molecular weight is 511 g/mol. The normalized spacial score (nSPS) is 17.8. The number of hydrogen-bond donors (Lipinski definition) is 1. The number of nitrogens with zero attached hydrogens (tertiary/aromatic N) is 2. The summed E-state index contributed by atoms with van der Waals surface area (Å²) in [4.78, 5) is 17.8. The Kier molecular flexibility index (Phi) is 8.67. The van der Waals surface area contributed by atoms with E-state index in [-0.39, 0.29) is 29.6 Å². The minimum absolute atomic E-state index is 0.00506. The van der Waals surface area contributed by atoms with Crippen molar-refractivity contribution in [3.63, 3.8) is 0 Å². The second-order valence-corrected chi connectivity index (χ2v) is 9.43. The maximum Gasteiger partial charge on any atom is 0.303 e. The van der Waals surface area contributed by atoms with Crippen LogP contribution in [0, 0.1) is 41.1 Å². The van der Waals surface area contributed by atoms with Crippen molar-refractivity contribution in [3.05, 3.63) is 71.2 Å². The van der Waals surface area contributed by atoms with Gasteiger partial charge in [-0.05, 0) is 86.0 Å². The van der Waals surface area contributed by atoms with Crippen molar-refractivity contribution in [1.29, 1.82) is 0 Å². The standard InChI is InChI=1S/C29H29F3N2O3/c1-37-23-8-10-28-25(16-23)24(27(32)17-33-28)6-2-4-19-11-13-34(18-21(19)15-29(35)36)12-3-5-20-14-22(30)7-9-26(20)31/h7-10,14,16-17,19,21H,2,4,6,11-13,15,18H2,1H3,(H,35,36). The lowest BCUT2D eigenvalue weighted by Gasteiger charge is -2.37. The molecule has 0 aliphatic carbocycles. The van der Waals surface area contributed by atoms with E-state index in [1.165, 1.54) is 6.20 Å². The van der Waals surface area contributed by atoms with Gasteiger partial charge in [-0.3, -0.25) is 14.7 Å². The number of carbonyl (C=O) groups is 1. The summed E-state index contributed by atoms with van der Waals surface area (Å²) in [5.41, 5.74) is 1.30. The van der Waals surface area contributed by atoms with Gasteiger partial charge in [0, 0.05) is 18.4 Å². The van der Waals surface area contributed by atoms with Gasteiger partial charge in [0.1, 0.15) is 23.2 Å². The molecule has 1 N–H and O–H groups in total. The number of halogens is 3. The number of aliphatic carboxylic acids is 1. The van der Waals surface area contributed by atoms with Gasteiger partial charge in [-0.25, -0.2) is 13.2 Å². The Morgan fingerprint density at radius 2 is 2.00 bits per heavy atom. The number of methoxy groups -OCH3 is 1. The zero-order valence-electron chi connectivity index (χ0n) is 20.6. The average Bonchev–Trinajstić information content (AvgIpc) is 2.87. The fourth-order valence-corrected chi connectivity index (χ4v) is 5.10. The molecule has 0 radical (unpaired) electrons. The molecule has 0 bridgehead atoms. The number of carboxylic acid groups (broad SMARTS) is 1. The molecule has 2 atom stereocenters. The monoisotopic (exact) mass is 510 g/mol. The zero-order valence-corrected chi connectivity index (χ0v) is 20.6. The number of pyridine rings is 1. The first-order chi connectivity index (χ1) is 17.8. The first-order valence-electron chi connectivity index (χ1n) is 12.3. The molecule has 2 unspecified atom stereocenters. The van der Waals surface area contributed by atoms with Gasteiger partial charge in [0.25, 0.3) is 0 Å². The maximum absolute atomic E-state index is 14.7. The second-order valence-electron chi connectivity index (χ2n) is 9.43. The van der Waals surface area contributed by atoms with Crippen LogP contribution < -0.4 is 4.74 Å². The summed E-state index contributed by atoms with van der Waals surface area (Å²) in [5.74, 6) is 3.98. The van der Waals surface area contributed by atoms with Crippen molar-refractivity contribution in [2.75, 3.05) is 26.7 Å². The second kappa shape index (κ2) is 12.1. The molecular formula is C29H29F3N2O3. The summed E-state index contributed by atoms with van der Waals surface area (Å²) in [6, 6.07) is 8.55. The molecule has 8 heteroatoms. The van der Waals surface area contributed by atoms with Crippen LogP contribution in [0.5, 0.6) is 5.75 Å². The van der Waals surface area contributed by atoms with Gasteiger partial charge in [0.05, 0.1) is 30.9 Å². The quantitative estimate of drug-likeness (QED) is 0.409. The van der Waals surface area contributed by atoms with Crippen molar-refractivity contribution >= 4 is 16.9 Å². The van der Waals surface area contributed by atoms with Gasteiger partial charge in [0.15, 0.2) is 0 Å². The summed E-state index contributed by atoms with van der Waals surface area (Å²) < 4.78 is 47.1. The molecule has 1 aliphatic rings. The molecule has 1 saturated heterocycles. The first kappa shape index (κ1) is 26.5. The lowest BCUT2D eigenvalue weighted by Crippen LogP contribution is -2.41. The molecule has 194 valence electrons. The molecule has 4 rings (SSSR count). The first-order valence-corrected chi connectivity index (χ1v) is 12.3. The molecular weight excluding hydrogens is 481 g/mol. The Labute approximate surface area is 214 Å². The van der Waals surface area contributed by atoms with Crippen LogP contribution in [0.1, 0.15) is 36.8 Å². The summed E-state index contributed by atoms with van der Waals surface area (Å²) in [7, 11) is 1.56. The number of ether oxygens (including phenoxy) is 1. The van der Waals surface area contributed by atoms with E-state index in [1.807, 2.05) is 0 Å². The smallest absolute Gasteiger partial charge is 0.303 e. The number of aryl methyl sites for hydroxylation is 1. The van der Waals surface area contributed by atoms with Crippen LogP contribution in [0.25, 0.3) is 10.9 Å². The Hall–Kier alpha value is -3.57. The molecule has 1 aromatic heterocycles. The van der Waals surface area contributed by atoms with Crippen LogP contribution >= 0.6 is 0 Å². The summed E-state index contributed by atoms with van der Waals surface area (Å²) in [6.45, 7) is 1.63. The number of benzene rings is 2. The number of carboxylic acids is 1. The highest BCUT2D eigenvalue weighted by molar-refractivity contribution is 5.83. The molecule has 0 amide bonds. The fraction of sp³-hybridized carbons (Fsp3) is 0.379. The molecule has 1 fully saturated rings. The third kappa shape index (κ3) is 6.80. The van der Waals surface area contributed by atoms with Crippen molar-refractivity contribution in [1.82, 2.24) is 9.88 Å². The molecule has 1 aliphatic heterocycles. The van der Waals surface area contributed by atoms with Crippen LogP contribution in [-0.4, -0.2) is 47.7 Å². The third-order valence-corrected chi connectivity index (χ3v) is 7.00. The molecule has 0 spiro atoms. The molecule has 5 nitrogen and oxygen atoms in total. The molecule has 3 aromatic rings. The Morgan fingerprint density at radius 3 is 2.78 bits per heavy atom. The van der Waals surface area contributed by atoms with Gasteiger partial charge >= 0.3 is 5.97 Å². The van der Waals surface area contributed by atoms with Crippen LogP contribution in [0.3, 0.4) is 0 Å². The van der Waals surface area contributed by atoms with Crippen LogP contribution in [-0.2, 0) is 11.2 Å². The topological polar surface area (TPSA) is 62.7 Å². The number of likely N-dealkylation sites (tertiary alicyclic amines) is 1. The van der Waals surface area contributed by atoms with E-state index in [2.05, 4.69) is 21.7 Å². The van der Waals surface area contributed by atoms with Crippen LogP contribution in [0.15, 0.2) is 42.6 Å². The Balaban J connectivity index is 1.39. The van der Waals surface area contributed by atoms with E-state index in [1.54, 1.807) is 25.3 Å². The summed E-state index contributed by atoms with van der Waals surface area (Å²) >= 11 is 0. The zero-order chi connectivity index (χ0) is 26.4. The van der Waals surface area contributed by atoms with E-state index in [4.69, 9.17) is 4.74 Å². The predicted molar refractivity (Wildman–Crippen MR) is 135 cm³/mol. The lowest BCUT2D eigenvalue weighted by atomic mass is 9.80. The van der Waals surface area contributed by atoms with Crippen molar-refractivity contribution in [3.8, 4) is 17.6 Å². The van der Waals surface area contributed by atoms with Crippen LogP contribution in [0.2, 0.25) is 0 Å².